The lowest BCUT2D eigenvalue weighted by Crippen LogP contribution is -2.61. The summed E-state index contributed by atoms with van der Waals surface area (Å²) < 4.78 is 4.91. The lowest BCUT2D eigenvalue weighted by atomic mass is 9.88. The molecule has 0 bridgehead atoms. The number of carbonyl (C=O) groups excluding carboxylic acids is 3. The smallest absolute Gasteiger partial charge is 0.328 e. The van der Waals surface area contributed by atoms with Gasteiger partial charge in [-0.05, 0) is 49.7 Å². The number of ketones is 1. The first-order chi connectivity index (χ1) is 14.9. The van der Waals surface area contributed by atoms with E-state index in [0.29, 0.717) is 18.9 Å². The first-order valence-corrected chi connectivity index (χ1v) is 12.9. The van der Waals surface area contributed by atoms with Crippen molar-refractivity contribution in [2.75, 3.05) is 38.8 Å². The van der Waals surface area contributed by atoms with Crippen molar-refractivity contribution in [3.63, 3.8) is 0 Å². The van der Waals surface area contributed by atoms with E-state index in [-0.39, 0.29) is 30.2 Å². The zero-order valence-electron chi connectivity index (χ0n) is 19.4. The van der Waals surface area contributed by atoms with E-state index < -0.39 is 24.1 Å². The SMILES string of the molecule is CC[C@H]1CCN[C@@H]1C(C(=O)CN)N1CC[C@H](CC)[C@H]1C(=O)N[C@@H](CCSC)C(=O)OC. The van der Waals surface area contributed by atoms with E-state index in [1.807, 2.05) is 6.26 Å². The Kier molecular flexibility index (Phi) is 10.7. The van der Waals surface area contributed by atoms with Crippen molar-refractivity contribution >= 4 is 29.4 Å². The van der Waals surface area contributed by atoms with Crippen LogP contribution in [0.5, 0.6) is 0 Å². The minimum Gasteiger partial charge on any atom is -0.467 e. The Labute approximate surface area is 190 Å². The minimum absolute atomic E-state index is 0.000137. The van der Waals surface area contributed by atoms with E-state index in [0.717, 1.165) is 38.0 Å². The lowest BCUT2D eigenvalue weighted by molar-refractivity contribution is -0.146. The van der Waals surface area contributed by atoms with Gasteiger partial charge in [-0.15, -0.1) is 0 Å². The zero-order valence-corrected chi connectivity index (χ0v) is 20.2. The largest absolute Gasteiger partial charge is 0.467 e. The zero-order chi connectivity index (χ0) is 23.0. The van der Waals surface area contributed by atoms with Gasteiger partial charge in [-0.25, -0.2) is 4.79 Å². The average molecular weight is 457 g/mol. The van der Waals surface area contributed by atoms with Gasteiger partial charge in [0.2, 0.25) is 5.91 Å². The summed E-state index contributed by atoms with van der Waals surface area (Å²) in [4.78, 5) is 40.8. The van der Waals surface area contributed by atoms with Crippen molar-refractivity contribution in [2.24, 2.45) is 17.6 Å². The Bertz CT molecular complexity index is 620. The van der Waals surface area contributed by atoms with Crippen molar-refractivity contribution in [1.82, 2.24) is 15.5 Å². The molecular formula is C22H40N4O4S. The molecule has 0 aromatic heterocycles. The van der Waals surface area contributed by atoms with Gasteiger partial charge in [0.05, 0.1) is 25.7 Å². The molecule has 0 aliphatic carbocycles. The molecule has 4 N–H and O–H groups in total. The molecule has 2 fully saturated rings. The van der Waals surface area contributed by atoms with Crippen molar-refractivity contribution in [3.8, 4) is 0 Å². The maximum Gasteiger partial charge on any atom is 0.328 e. The molecule has 1 unspecified atom stereocenters. The van der Waals surface area contributed by atoms with E-state index in [9.17, 15) is 14.4 Å². The van der Waals surface area contributed by atoms with Crippen LogP contribution in [0.4, 0.5) is 0 Å². The third-order valence-electron chi connectivity index (χ3n) is 6.92. The van der Waals surface area contributed by atoms with E-state index in [1.54, 1.807) is 11.8 Å². The molecule has 0 spiro atoms. The van der Waals surface area contributed by atoms with Crippen LogP contribution in [-0.2, 0) is 19.1 Å². The van der Waals surface area contributed by atoms with Gasteiger partial charge in [-0.1, -0.05) is 26.7 Å². The van der Waals surface area contributed by atoms with Gasteiger partial charge in [0.1, 0.15) is 6.04 Å². The van der Waals surface area contributed by atoms with Crippen LogP contribution in [0.25, 0.3) is 0 Å². The molecule has 0 saturated carbocycles. The van der Waals surface area contributed by atoms with Gasteiger partial charge in [0.25, 0.3) is 0 Å². The van der Waals surface area contributed by atoms with E-state index in [1.165, 1.54) is 7.11 Å². The van der Waals surface area contributed by atoms with Crippen molar-refractivity contribution in [1.29, 1.82) is 0 Å². The molecule has 0 aromatic rings. The van der Waals surface area contributed by atoms with E-state index in [2.05, 4.69) is 29.4 Å². The first-order valence-electron chi connectivity index (χ1n) is 11.5. The number of rotatable bonds is 12. The highest BCUT2D eigenvalue weighted by Crippen LogP contribution is 2.34. The second-order valence-electron chi connectivity index (χ2n) is 8.56. The van der Waals surface area contributed by atoms with Crippen LogP contribution in [0.1, 0.15) is 46.0 Å². The summed E-state index contributed by atoms with van der Waals surface area (Å²) >= 11 is 1.62. The van der Waals surface area contributed by atoms with Gasteiger partial charge >= 0.3 is 5.97 Å². The fourth-order valence-corrected chi connectivity index (χ4v) is 5.66. The highest BCUT2D eigenvalue weighted by atomic mass is 32.2. The lowest BCUT2D eigenvalue weighted by Gasteiger charge is -2.38. The van der Waals surface area contributed by atoms with E-state index >= 15 is 0 Å². The predicted molar refractivity (Wildman–Crippen MR) is 124 cm³/mol. The highest BCUT2D eigenvalue weighted by Gasteiger charge is 2.48. The first kappa shape index (κ1) is 26.1. The van der Waals surface area contributed by atoms with Crippen molar-refractivity contribution in [3.05, 3.63) is 0 Å². The average Bonchev–Trinajstić information content (AvgIpc) is 3.43. The molecule has 1 amide bonds. The van der Waals surface area contributed by atoms with Gasteiger partial charge in [0, 0.05) is 12.6 Å². The van der Waals surface area contributed by atoms with Gasteiger partial charge < -0.3 is 21.1 Å². The summed E-state index contributed by atoms with van der Waals surface area (Å²) in [6.07, 6.45) is 6.16. The Hall–Kier alpha value is -1.16. The number of hydrogen-bond donors (Lipinski definition) is 3. The Morgan fingerprint density at radius 1 is 1.23 bits per heavy atom. The number of nitrogens with two attached hydrogens (primary N) is 1. The quantitative estimate of drug-likeness (QED) is 0.369. The second kappa shape index (κ2) is 12.8. The Balaban J connectivity index is 2.29. The number of ether oxygens (including phenoxy) is 1. The molecule has 2 aliphatic rings. The number of Topliss-reactive ketones (excluding diaryl/α,β-unsaturated/α-hetero) is 1. The van der Waals surface area contributed by atoms with Crippen molar-refractivity contribution < 1.29 is 19.1 Å². The molecule has 2 aliphatic heterocycles. The molecule has 6 atom stereocenters. The topological polar surface area (TPSA) is 114 Å². The number of carbonyl (C=O) groups is 3. The van der Waals surface area contributed by atoms with Gasteiger partial charge in [-0.2, -0.15) is 11.8 Å². The summed E-state index contributed by atoms with van der Waals surface area (Å²) in [6, 6.07) is -1.55. The van der Waals surface area contributed by atoms with E-state index in [4.69, 9.17) is 10.5 Å². The molecule has 0 aromatic carbocycles. The van der Waals surface area contributed by atoms with Crippen LogP contribution in [-0.4, -0.2) is 85.5 Å². The predicted octanol–water partition coefficient (Wildman–Crippen LogP) is 0.782. The fraction of sp³-hybridized carbons (Fsp3) is 0.864. The maximum absolute atomic E-state index is 13.5. The molecule has 31 heavy (non-hydrogen) atoms. The minimum atomic E-state index is -0.679. The molecule has 8 nitrogen and oxygen atoms in total. The maximum atomic E-state index is 13.5. The summed E-state index contributed by atoms with van der Waals surface area (Å²) in [6.45, 7) is 5.72. The van der Waals surface area contributed by atoms with Crippen LogP contribution < -0.4 is 16.4 Å². The fourth-order valence-electron chi connectivity index (χ4n) is 5.19. The normalized spacial score (nSPS) is 28.3. The standard InChI is InChI=1S/C22H40N4O4S/c1-5-14-7-10-24-18(14)20(17(27)13-23)26-11-8-15(6-2)19(26)21(28)25-16(9-12-31-4)22(29)30-3/h14-16,18-20,24H,5-13,23H2,1-4H3,(H,25,28)/t14-,15-,16-,18-,19-,20?/m0/s1. The molecule has 2 saturated heterocycles. The number of likely N-dealkylation sites (tertiary alicyclic amines) is 1. The monoisotopic (exact) mass is 456 g/mol. The molecule has 0 radical (unpaired) electrons. The number of esters is 1. The van der Waals surface area contributed by atoms with Crippen LogP contribution >= 0.6 is 11.8 Å². The third-order valence-corrected chi connectivity index (χ3v) is 7.57. The summed E-state index contributed by atoms with van der Waals surface area (Å²) in [5.74, 6) is 0.603. The van der Waals surface area contributed by atoms with Gasteiger partial charge in [0.15, 0.2) is 5.78 Å². The summed E-state index contributed by atoms with van der Waals surface area (Å²) in [7, 11) is 1.34. The highest BCUT2D eigenvalue weighted by molar-refractivity contribution is 7.98. The third kappa shape index (κ3) is 6.21. The molecule has 2 heterocycles. The molecule has 9 heteroatoms. The van der Waals surface area contributed by atoms with Crippen LogP contribution in [0.2, 0.25) is 0 Å². The van der Waals surface area contributed by atoms with Crippen LogP contribution in [0.3, 0.4) is 0 Å². The summed E-state index contributed by atoms with van der Waals surface area (Å²) in [5, 5.41) is 6.45. The number of nitrogens with zero attached hydrogens (tertiary/aromatic N) is 1. The summed E-state index contributed by atoms with van der Waals surface area (Å²) in [5.41, 5.74) is 5.81. The Morgan fingerprint density at radius 3 is 2.52 bits per heavy atom. The van der Waals surface area contributed by atoms with Crippen LogP contribution in [0, 0.1) is 11.8 Å². The molecule has 2 rings (SSSR count). The van der Waals surface area contributed by atoms with Gasteiger partial charge in [-0.3, -0.25) is 14.5 Å². The van der Waals surface area contributed by atoms with Crippen LogP contribution in [0.15, 0.2) is 0 Å². The second-order valence-corrected chi connectivity index (χ2v) is 9.54. The number of thioether (sulfide) groups is 1. The van der Waals surface area contributed by atoms with Crippen molar-refractivity contribution in [2.45, 2.75) is 70.1 Å². The number of hydrogen-bond acceptors (Lipinski definition) is 8. The molecule has 178 valence electrons. The number of nitrogens with one attached hydrogen (secondary N) is 2. The Morgan fingerprint density at radius 2 is 1.94 bits per heavy atom. The number of amides is 1. The number of methoxy groups -OCH3 is 1. The molecular weight excluding hydrogens is 416 g/mol.